The highest BCUT2D eigenvalue weighted by molar-refractivity contribution is 5.80. The van der Waals surface area contributed by atoms with Crippen molar-refractivity contribution in [1.29, 1.82) is 0 Å². The van der Waals surface area contributed by atoms with Gasteiger partial charge in [-0.2, -0.15) is 0 Å². The first-order valence-electron chi connectivity index (χ1n) is 7.44. The lowest BCUT2D eigenvalue weighted by Gasteiger charge is -2.15. The predicted molar refractivity (Wildman–Crippen MR) is 88.2 cm³/mol. The number of fused-ring (bicyclic) bond motifs is 1. The average molecular weight is 294 g/mol. The van der Waals surface area contributed by atoms with Crippen molar-refractivity contribution in [2.24, 2.45) is 0 Å². The predicted octanol–water partition coefficient (Wildman–Crippen LogP) is 3.77. The van der Waals surface area contributed by atoms with Gasteiger partial charge in [0.05, 0.1) is 22.6 Å². The molecule has 1 unspecified atom stereocenters. The largest absolute Gasteiger partial charge is 0.490 e. The second-order valence-electron chi connectivity index (χ2n) is 5.26. The molecule has 0 bridgehead atoms. The third-order valence-corrected chi connectivity index (χ3v) is 3.66. The monoisotopic (exact) mass is 294 g/mol. The van der Waals surface area contributed by atoms with E-state index in [1.165, 1.54) is 0 Å². The third kappa shape index (κ3) is 2.72. The Bertz CT molecular complexity index is 855. The second-order valence-corrected chi connectivity index (χ2v) is 5.26. The summed E-state index contributed by atoms with van der Waals surface area (Å²) in [6.45, 7) is 4.09. The molecule has 0 radical (unpaired) electrons. The molecule has 3 rings (SSSR count). The molecule has 4 heteroatoms. The van der Waals surface area contributed by atoms with Crippen molar-refractivity contribution >= 4 is 10.9 Å². The van der Waals surface area contributed by atoms with Gasteiger partial charge in [-0.25, -0.2) is 4.98 Å². The van der Waals surface area contributed by atoms with Crippen LogP contribution in [-0.4, -0.2) is 16.1 Å². The first-order chi connectivity index (χ1) is 10.7. The van der Waals surface area contributed by atoms with Crippen LogP contribution in [0.4, 0.5) is 0 Å². The lowest BCUT2D eigenvalue weighted by molar-refractivity contribution is 0.218. The van der Waals surface area contributed by atoms with Crippen molar-refractivity contribution in [3.8, 4) is 17.1 Å². The molecule has 0 fully saturated rings. The van der Waals surface area contributed by atoms with Gasteiger partial charge in [0.1, 0.15) is 11.6 Å². The Morgan fingerprint density at radius 3 is 2.68 bits per heavy atom. The maximum Gasteiger partial charge on any atom is 0.259 e. The Labute approximate surface area is 128 Å². The summed E-state index contributed by atoms with van der Waals surface area (Å²) in [5.74, 6) is 1.26. The number of para-hydroxylation sites is 2. The molecule has 1 aromatic heterocycles. The van der Waals surface area contributed by atoms with Gasteiger partial charge in [-0.05, 0) is 37.6 Å². The van der Waals surface area contributed by atoms with E-state index in [9.17, 15) is 4.79 Å². The molecule has 22 heavy (non-hydrogen) atoms. The molecule has 0 aliphatic carbocycles. The molecule has 1 atom stereocenters. The third-order valence-electron chi connectivity index (χ3n) is 3.66. The number of hydrogen-bond acceptors (Lipinski definition) is 3. The van der Waals surface area contributed by atoms with E-state index in [1.54, 1.807) is 6.07 Å². The molecule has 1 heterocycles. The van der Waals surface area contributed by atoms with Crippen molar-refractivity contribution in [3.63, 3.8) is 0 Å². The second kappa shape index (κ2) is 6.02. The van der Waals surface area contributed by atoms with E-state index in [0.717, 1.165) is 17.7 Å². The van der Waals surface area contributed by atoms with E-state index in [4.69, 9.17) is 4.74 Å². The molecule has 0 amide bonds. The normalized spacial score (nSPS) is 12.3. The van der Waals surface area contributed by atoms with Crippen molar-refractivity contribution in [2.75, 3.05) is 0 Å². The minimum atomic E-state index is -0.140. The minimum absolute atomic E-state index is 0.105. The first kappa shape index (κ1) is 14.3. The van der Waals surface area contributed by atoms with E-state index < -0.39 is 0 Å². The summed E-state index contributed by atoms with van der Waals surface area (Å²) in [6.07, 6.45) is 1.02. The molecule has 0 saturated carbocycles. The Morgan fingerprint density at radius 2 is 1.86 bits per heavy atom. The number of aromatic amines is 1. The summed E-state index contributed by atoms with van der Waals surface area (Å²) < 4.78 is 5.94. The van der Waals surface area contributed by atoms with Gasteiger partial charge in [0.25, 0.3) is 5.56 Å². The molecule has 0 saturated heterocycles. The van der Waals surface area contributed by atoms with Gasteiger partial charge in [-0.1, -0.05) is 31.2 Å². The smallest absolute Gasteiger partial charge is 0.259 e. The van der Waals surface area contributed by atoms with Gasteiger partial charge in [-0.3, -0.25) is 4.79 Å². The Balaban J connectivity index is 2.14. The highest BCUT2D eigenvalue weighted by Crippen LogP contribution is 2.28. The van der Waals surface area contributed by atoms with Crippen LogP contribution in [0.3, 0.4) is 0 Å². The molecule has 0 spiro atoms. The molecule has 0 aliphatic rings. The van der Waals surface area contributed by atoms with Gasteiger partial charge in [0.15, 0.2) is 0 Å². The van der Waals surface area contributed by atoms with Crippen molar-refractivity contribution in [2.45, 2.75) is 26.4 Å². The van der Waals surface area contributed by atoms with Gasteiger partial charge in [0.2, 0.25) is 0 Å². The molecule has 3 aromatic rings. The zero-order chi connectivity index (χ0) is 15.5. The zero-order valence-electron chi connectivity index (χ0n) is 12.7. The molecule has 4 nitrogen and oxygen atoms in total. The number of nitrogens with zero attached hydrogens (tertiary/aromatic N) is 1. The van der Waals surface area contributed by atoms with Crippen molar-refractivity contribution in [1.82, 2.24) is 9.97 Å². The standard InChI is InChI=1S/C18H18N2O2/c1-3-12(2)22-16-11-7-5-9-14(16)17-19-15-10-6-4-8-13(15)18(21)20-17/h4-12H,3H2,1-2H3,(H,19,20,21). The molecular formula is C18H18N2O2. The molecule has 2 aromatic carbocycles. The van der Waals surface area contributed by atoms with Crippen LogP contribution in [0.5, 0.6) is 5.75 Å². The number of ether oxygens (including phenoxy) is 1. The topological polar surface area (TPSA) is 55.0 Å². The summed E-state index contributed by atoms with van der Waals surface area (Å²) in [7, 11) is 0. The summed E-state index contributed by atoms with van der Waals surface area (Å²) in [4.78, 5) is 19.6. The first-order valence-corrected chi connectivity index (χ1v) is 7.44. The van der Waals surface area contributed by atoms with Crippen LogP contribution in [0.2, 0.25) is 0 Å². The lowest BCUT2D eigenvalue weighted by atomic mass is 10.1. The molecule has 0 aliphatic heterocycles. The average Bonchev–Trinajstić information content (AvgIpc) is 2.55. The van der Waals surface area contributed by atoms with E-state index in [-0.39, 0.29) is 11.7 Å². The molecule has 112 valence electrons. The number of H-pyrrole nitrogens is 1. The van der Waals surface area contributed by atoms with Gasteiger partial charge < -0.3 is 9.72 Å². The van der Waals surface area contributed by atoms with Crippen LogP contribution in [-0.2, 0) is 0 Å². The zero-order valence-corrected chi connectivity index (χ0v) is 12.7. The van der Waals surface area contributed by atoms with Gasteiger partial charge in [0, 0.05) is 0 Å². The number of hydrogen-bond donors (Lipinski definition) is 1. The number of rotatable bonds is 4. The number of aromatic nitrogens is 2. The fourth-order valence-corrected chi connectivity index (χ4v) is 2.28. The SMILES string of the molecule is CCC(C)Oc1ccccc1-c1nc2ccccc2c(=O)[nH]1. The summed E-state index contributed by atoms with van der Waals surface area (Å²) in [5.41, 5.74) is 1.34. The quantitative estimate of drug-likeness (QED) is 0.797. The highest BCUT2D eigenvalue weighted by Gasteiger charge is 2.12. The maximum absolute atomic E-state index is 12.2. The van der Waals surface area contributed by atoms with E-state index in [0.29, 0.717) is 16.7 Å². The van der Waals surface area contributed by atoms with Crippen LogP contribution < -0.4 is 10.3 Å². The van der Waals surface area contributed by atoms with Gasteiger partial charge >= 0.3 is 0 Å². The fraction of sp³-hybridized carbons (Fsp3) is 0.222. The Kier molecular flexibility index (Phi) is 3.92. The van der Waals surface area contributed by atoms with Crippen LogP contribution in [0.1, 0.15) is 20.3 Å². The lowest BCUT2D eigenvalue weighted by Crippen LogP contribution is -2.12. The van der Waals surface area contributed by atoms with Crippen LogP contribution in [0.15, 0.2) is 53.3 Å². The minimum Gasteiger partial charge on any atom is -0.490 e. The molecular weight excluding hydrogens is 276 g/mol. The van der Waals surface area contributed by atoms with E-state index in [2.05, 4.69) is 16.9 Å². The Morgan fingerprint density at radius 1 is 1.14 bits per heavy atom. The number of nitrogens with one attached hydrogen (secondary N) is 1. The van der Waals surface area contributed by atoms with Crippen molar-refractivity contribution < 1.29 is 4.74 Å². The van der Waals surface area contributed by atoms with Crippen LogP contribution >= 0.6 is 0 Å². The summed E-state index contributed by atoms with van der Waals surface area (Å²) >= 11 is 0. The van der Waals surface area contributed by atoms with E-state index >= 15 is 0 Å². The highest BCUT2D eigenvalue weighted by atomic mass is 16.5. The maximum atomic E-state index is 12.2. The Hall–Kier alpha value is -2.62. The summed E-state index contributed by atoms with van der Waals surface area (Å²) in [5, 5.41) is 0.589. The van der Waals surface area contributed by atoms with Gasteiger partial charge in [-0.15, -0.1) is 0 Å². The summed E-state index contributed by atoms with van der Waals surface area (Å²) in [6, 6.07) is 15.0. The fourth-order valence-electron chi connectivity index (χ4n) is 2.28. The van der Waals surface area contributed by atoms with Crippen LogP contribution in [0.25, 0.3) is 22.3 Å². The van der Waals surface area contributed by atoms with Crippen molar-refractivity contribution in [3.05, 3.63) is 58.9 Å². The molecule has 1 N–H and O–H groups in total. The van der Waals surface area contributed by atoms with E-state index in [1.807, 2.05) is 49.4 Å². The van der Waals surface area contributed by atoms with Crippen LogP contribution in [0, 0.1) is 0 Å². The number of benzene rings is 2.